The second kappa shape index (κ2) is 12.7. The van der Waals surface area contributed by atoms with Crippen molar-refractivity contribution in [2.75, 3.05) is 28.4 Å². The van der Waals surface area contributed by atoms with Crippen molar-refractivity contribution in [1.82, 2.24) is 0 Å². The SMILES string of the molecule is COc1ccc(C2=C(c3ccc(OC)cc3)[As](c3ccccc3)C(c3ccc(OC)cc3)=C2c2ccc(OC)cc2)cc1. The Kier molecular flexibility index (Phi) is 8.40. The fraction of sp³-hybridized carbons (Fsp3) is 0.105. The molecular weight excluding hydrogens is 595 g/mol. The van der Waals surface area contributed by atoms with E-state index in [1.807, 2.05) is 24.3 Å². The summed E-state index contributed by atoms with van der Waals surface area (Å²) in [7, 11) is 6.82. The fourth-order valence-electron chi connectivity index (χ4n) is 5.53. The van der Waals surface area contributed by atoms with E-state index in [9.17, 15) is 0 Å². The topological polar surface area (TPSA) is 36.9 Å². The Morgan fingerprint density at radius 3 is 0.953 bits per heavy atom. The molecule has 0 saturated carbocycles. The first-order valence-electron chi connectivity index (χ1n) is 14.1. The quantitative estimate of drug-likeness (QED) is 0.157. The number of methoxy groups -OCH3 is 4. The molecule has 5 heteroatoms. The van der Waals surface area contributed by atoms with Gasteiger partial charge < -0.3 is 0 Å². The Bertz CT molecular complexity index is 1640. The zero-order valence-corrected chi connectivity index (χ0v) is 26.6. The first kappa shape index (κ1) is 28.5. The van der Waals surface area contributed by atoms with Gasteiger partial charge in [0, 0.05) is 0 Å². The van der Waals surface area contributed by atoms with Gasteiger partial charge in [-0.15, -0.1) is 0 Å². The van der Waals surface area contributed by atoms with Crippen LogP contribution in [0.15, 0.2) is 127 Å². The Morgan fingerprint density at radius 2 is 0.651 bits per heavy atom. The van der Waals surface area contributed by atoms with Crippen LogP contribution in [0.1, 0.15) is 22.3 Å². The summed E-state index contributed by atoms with van der Waals surface area (Å²) in [5.41, 5.74) is 7.18. The average Bonchev–Trinajstić information content (AvgIpc) is 3.45. The van der Waals surface area contributed by atoms with Crippen molar-refractivity contribution in [3.8, 4) is 23.0 Å². The molecular formula is C38H33AsO4. The molecule has 43 heavy (non-hydrogen) atoms. The number of ether oxygens (including phenoxy) is 4. The monoisotopic (exact) mass is 628 g/mol. The normalized spacial score (nSPS) is 13.3. The van der Waals surface area contributed by atoms with Crippen molar-refractivity contribution in [3.05, 3.63) is 150 Å². The zero-order valence-electron chi connectivity index (χ0n) is 24.7. The maximum atomic E-state index is 5.55. The molecule has 0 bridgehead atoms. The van der Waals surface area contributed by atoms with Crippen LogP contribution >= 0.6 is 0 Å². The van der Waals surface area contributed by atoms with E-state index in [2.05, 4.69) is 103 Å². The first-order valence-corrected chi connectivity index (χ1v) is 16.9. The van der Waals surface area contributed by atoms with Crippen LogP contribution in [0.2, 0.25) is 0 Å². The van der Waals surface area contributed by atoms with Crippen LogP contribution in [0.4, 0.5) is 0 Å². The molecule has 0 amide bonds. The molecule has 4 nitrogen and oxygen atoms in total. The summed E-state index contributed by atoms with van der Waals surface area (Å²) < 4.78 is 26.3. The van der Waals surface area contributed by atoms with Gasteiger partial charge in [-0.1, -0.05) is 0 Å². The molecule has 0 unspecified atom stereocenters. The van der Waals surface area contributed by atoms with Gasteiger partial charge in [0.15, 0.2) is 0 Å². The van der Waals surface area contributed by atoms with Crippen LogP contribution in [0.3, 0.4) is 0 Å². The molecule has 214 valence electrons. The van der Waals surface area contributed by atoms with Crippen molar-refractivity contribution < 1.29 is 18.9 Å². The molecule has 6 rings (SSSR count). The molecule has 0 fully saturated rings. The van der Waals surface area contributed by atoms with E-state index in [4.69, 9.17) is 18.9 Å². The molecule has 5 aromatic carbocycles. The van der Waals surface area contributed by atoms with Gasteiger partial charge in [0.2, 0.25) is 0 Å². The molecule has 0 spiro atoms. The standard InChI is InChI=1S/C38H33AsO4/c1-40-31-18-10-26(11-19-31)35-36(27-12-20-32(41-2)21-13-27)38(29-16-24-34(43-4)25-17-29)39(30-8-6-5-7-9-30)37(35)28-14-22-33(42-3)23-15-28/h5-25H,1-4H3. The van der Waals surface area contributed by atoms with Crippen LogP contribution in [0, 0.1) is 0 Å². The van der Waals surface area contributed by atoms with Crippen molar-refractivity contribution in [2.24, 2.45) is 0 Å². The summed E-state index contributed by atoms with van der Waals surface area (Å²) in [5, 5.41) is 0. The van der Waals surface area contributed by atoms with E-state index in [0.29, 0.717) is 0 Å². The molecule has 0 saturated heterocycles. The van der Waals surface area contributed by atoms with Crippen LogP contribution in [0.5, 0.6) is 23.0 Å². The van der Waals surface area contributed by atoms with E-state index in [1.54, 1.807) is 28.4 Å². The number of hydrogen-bond acceptors (Lipinski definition) is 4. The Hall–Kier alpha value is -4.66. The molecule has 1 aliphatic heterocycles. The summed E-state index contributed by atoms with van der Waals surface area (Å²) in [6.45, 7) is 0. The van der Waals surface area contributed by atoms with Crippen molar-refractivity contribution >= 4 is 38.9 Å². The van der Waals surface area contributed by atoms with Gasteiger partial charge in [0.1, 0.15) is 0 Å². The van der Waals surface area contributed by atoms with Gasteiger partial charge in [0.25, 0.3) is 0 Å². The summed E-state index contributed by atoms with van der Waals surface area (Å²) in [4.78, 5) is 0. The molecule has 1 heterocycles. The van der Waals surface area contributed by atoms with E-state index >= 15 is 0 Å². The fourth-order valence-corrected chi connectivity index (χ4v) is 11.7. The number of rotatable bonds is 9. The summed E-state index contributed by atoms with van der Waals surface area (Å²) in [5.74, 6) is 3.34. The first-order chi connectivity index (χ1) is 21.1. The van der Waals surface area contributed by atoms with E-state index in [0.717, 1.165) is 34.1 Å². The Balaban J connectivity index is 1.73. The number of hydrogen-bond donors (Lipinski definition) is 0. The van der Waals surface area contributed by atoms with Gasteiger partial charge in [-0.05, 0) is 0 Å². The molecule has 0 aliphatic carbocycles. The van der Waals surface area contributed by atoms with Crippen molar-refractivity contribution in [3.63, 3.8) is 0 Å². The zero-order chi connectivity index (χ0) is 29.8. The average molecular weight is 629 g/mol. The van der Waals surface area contributed by atoms with E-state index < -0.39 is 14.7 Å². The number of benzene rings is 5. The summed E-state index contributed by atoms with van der Waals surface area (Å²) >= 11 is -2.15. The predicted molar refractivity (Wildman–Crippen MR) is 177 cm³/mol. The summed E-state index contributed by atoms with van der Waals surface area (Å²) in [6, 6.07) is 44.9. The van der Waals surface area contributed by atoms with Gasteiger partial charge in [-0.2, -0.15) is 0 Å². The van der Waals surface area contributed by atoms with E-state index in [1.165, 1.54) is 35.3 Å². The predicted octanol–water partition coefficient (Wildman–Crippen LogP) is 7.74. The van der Waals surface area contributed by atoms with Crippen molar-refractivity contribution in [1.29, 1.82) is 0 Å². The number of allylic oxidation sites excluding steroid dienone is 2. The minimum absolute atomic E-state index is 0.830. The second-order valence-electron chi connectivity index (χ2n) is 10.0. The van der Waals surface area contributed by atoms with Crippen LogP contribution in [-0.2, 0) is 0 Å². The van der Waals surface area contributed by atoms with Crippen molar-refractivity contribution in [2.45, 2.75) is 0 Å². The van der Waals surface area contributed by atoms with Crippen LogP contribution in [0.25, 0.3) is 19.9 Å². The summed E-state index contributed by atoms with van der Waals surface area (Å²) in [6.07, 6.45) is 0. The van der Waals surface area contributed by atoms with E-state index in [-0.39, 0.29) is 0 Å². The minimum atomic E-state index is -2.15. The molecule has 0 N–H and O–H groups in total. The molecule has 5 aromatic rings. The third-order valence-electron chi connectivity index (χ3n) is 7.67. The molecule has 0 aromatic heterocycles. The second-order valence-corrected chi connectivity index (χ2v) is 14.4. The van der Waals surface area contributed by atoms with Gasteiger partial charge in [0.05, 0.1) is 0 Å². The van der Waals surface area contributed by atoms with Gasteiger partial charge >= 0.3 is 259 Å². The Labute approximate surface area is 258 Å². The van der Waals surface area contributed by atoms with Crippen LogP contribution < -0.4 is 23.3 Å². The molecule has 1 aliphatic rings. The van der Waals surface area contributed by atoms with Gasteiger partial charge in [-0.3, -0.25) is 0 Å². The third-order valence-corrected chi connectivity index (χ3v) is 13.3. The molecule has 0 atom stereocenters. The molecule has 0 radical (unpaired) electrons. The third kappa shape index (κ3) is 5.59. The van der Waals surface area contributed by atoms with Crippen LogP contribution in [-0.4, -0.2) is 43.1 Å². The van der Waals surface area contributed by atoms with Gasteiger partial charge in [-0.25, -0.2) is 0 Å². The maximum absolute atomic E-state index is 5.55. The Morgan fingerprint density at radius 1 is 0.349 bits per heavy atom.